The fraction of sp³-hybridized carbons (Fsp3) is 0.406. The van der Waals surface area contributed by atoms with Crippen LogP contribution in [0.4, 0.5) is 5.69 Å². The molecule has 0 radical (unpaired) electrons. The summed E-state index contributed by atoms with van der Waals surface area (Å²) in [6.07, 6.45) is 3.74. The molecule has 3 aliphatic heterocycles. The zero-order valence-corrected chi connectivity index (χ0v) is 24.2. The number of likely N-dealkylation sites (N-methyl/N-ethyl adjacent to an activating group) is 1. The minimum atomic E-state index is -1.23. The number of hydrogen-bond acceptors (Lipinski definition) is 5. The monoisotopic (exact) mass is 577 g/mol. The molecular weight excluding hydrogens is 542 g/mol. The largest absolute Gasteiger partial charge is 0.394 e. The highest BCUT2D eigenvalue weighted by Crippen LogP contribution is 2.60. The molecule has 5 rings (SSSR count). The Morgan fingerprint density at radius 1 is 1.15 bits per heavy atom. The maximum absolute atomic E-state index is 14.8. The molecule has 1 spiro atoms. The summed E-state index contributed by atoms with van der Waals surface area (Å²) in [5, 5.41) is 11.1. The summed E-state index contributed by atoms with van der Waals surface area (Å²) in [5.74, 6) is -2.59. The molecule has 216 valence electrons. The van der Waals surface area contributed by atoms with E-state index in [2.05, 4.69) is 13.2 Å². The number of aliphatic hydroxyl groups is 1. The number of likely N-dealkylation sites (tertiary alicyclic amines) is 1. The van der Waals surface area contributed by atoms with E-state index in [9.17, 15) is 19.5 Å². The van der Waals surface area contributed by atoms with Crippen molar-refractivity contribution in [3.8, 4) is 0 Å². The Hall–Kier alpha value is -3.46. The van der Waals surface area contributed by atoms with Gasteiger partial charge < -0.3 is 24.5 Å². The van der Waals surface area contributed by atoms with Gasteiger partial charge >= 0.3 is 0 Å². The first-order valence-electron chi connectivity index (χ1n) is 13.9. The molecule has 3 saturated heterocycles. The highest BCUT2D eigenvalue weighted by atomic mass is 35.5. The topological polar surface area (TPSA) is 90.4 Å². The van der Waals surface area contributed by atoms with Crippen LogP contribution in [0.3, 0.4) is 0 Å². The SMILES string of the molecule is C=CCN(C)C(=O)[C@@H]1[C@H]2C(=O)N([C@H](CO)c3ccccc3)C(C(=O)N(CC=C)c3c(C)cccc3Cl)C23CC[C@H]1O3. The van der Waals surface area contributed by atoms with E-state index in [-0.39, 0.29) is 24.3 Å². The average molecular weight is 578 g/mol. The predicted molar refractivity (Wildman–Crippen MR) is 157 cm³/mol. The molecule has 6 atom stereocenters. The van der Waals surface area contributed by atoms with Crippen molar-refractivity contribution in [3.63, 3.8) is 0 Å². The number of carbonyl (C=O) groups excluding carboxylic acids is 3. The number of anilines is 1. The number of hydrogen-bond donors (Lipinski definition) is 1. The Balaban J connectivity index is 1.67. The Labute approximate surface area is 245 Å². The van der Waals surface area contributed by atoms with Crippen molar-refractivity contribution in [3.05, 3.63) is 90.0 Å². The quantitative estimate of drug-likeness (QED) is 0.432. The van der Waals surface area contributed by atoms with Crippen LogP contribution in [0, 0.1) is 18.8 Å². The van der Waals surface area contributed by atoms with Gasteiger partial charge in [-0.3, -0.25) is 14.4 Å². The van der Waals surface area contributed by atoms with Crippen LogP contribution >= 0.6 is 11.6 Å². The van der Waals surface area contributed by atoms with Crippen molar-refractivity contribution in [2.24, 2.45) is 11.8 Å². The Kier molecular flexibility index (Phi) is 8.10. The van der Waals surface area contributed by atoms with E-state index in [1.165, 1.54) is 4.90 Å². The molecule has 2 unspecified atom stereocenters. The molecule has 3 heterocycles. The number of aliphatic hydroxyl groups excluding tert-OH is 1. The lowest BCUT2D eigenvalue weighted by Crippen LogP contribution is -2.57. The highest BCUT2D eigenvalue weighted by molar-refractivity contribution is 6.34. The van der Waals surface area contributed by atoms with E-state index in [1.807, 2.05) is 49.4 Å². The minimum Gasteiger partial charge on any atom is -0.394 e. The molecule has 3 amide bonds. The lowest BCUT2D eigenvalue weighted by atomic mass is 9.70. The van der Waals surface area contributed by atoms with E-state index >= 15 is 0 Å². The summed E-state index contributed by atoms with van der Waals surface area (Å²) >= 11 is 6.64. The van der Waals surface area contributed by atoms with Crippen molar-refractivity contribution in [2.75, 3.05) is 31.6 Å². The molecule has 0 saturated carbocycles. The van der Waals surface area contributed by atoms with E-state index in [4.69, 9.17) is 16.3 Å². The lowest BCUT2D eigenvalue weighted by Gasteiger charge is -2.39. The van der Waals surface area contributed by atoms with Crippen LogP contribution in [0.25, 0.3) is 0 Å². The first kappa shape index (κ1) is 29.0. The van der Waals surface area contributed by atoms with Crippen LogP contribution in [0.15, 0.2) is 73.8 Å². The van der Waals surface area contributed by atoms with Gasteiger partial charge in [0.25, 0.3) is 5.91 Å². The third-order valence-electron chi connectivity index (χ3n) is 8.77. The first-order chi connectivity index (χ1) is 19.7. The molecule has 0 aromatic heterocycles. The number of para-hydroxylation sites is 1. The Morgan fingerprint density at radius 3 is 2.49 bits per heavy atom. The Bertz CT molecular complexity index is 1350. The van der Waals surface area contributed by atoms with Gasteiger partial charge in [-0.1, -0.05) is 66.2 Å². The van der Waals surface area contributed by atoms with Crippen molar-refractivity contribution < 1.29 is 24.2 Å². The first-order valence-corrected chi connectivity index (χ1v) is 14.3. The van der Waals surface area contributed by atoms with Crippen molar-refractivity contribution >= 4 is 35.0 Å². The summed E-state index contributed by atoms with van der Waals surface area (Å²) < 4.78 is 6.61. The third kappa shape index (κ3) is 4.58. The van der Waals surface area contributed by atoms with Crippen LogP contribution in [-0.4, -0.2) is 77.1 Å². The van der Waals surface area contributed by atoms with Crippen molar-refractivity contribution in [2.45, 2.75) is 43.6 Å². The minimum absolute atomic E-state index is 0.145. The van der Waals surface area contributed by atoms with Crippen LogP contribution < -0.4 is 4.90 Å². The molecule has 2 aromatic carbocycles. The molecule has 0 aliphatic carbocycles. The second kappa shape index (κ2) is 11.4. The number of ether oxygens (including phenoxy) is 1. The van der Waals surface area contributed by atoms with Crippen LogP contribution in [0.1, 0.15) is 30.0 Å². The third-order valence-corrected chi connectivity index (χ3v) is 9.07. The maximum atomic E-state index is 14.8. The standard InChI is InChI=1S/C32H36ClN3O5/c1-5-17-34(4)29(38)25-24-15-16-32(41-24)26(25)30(39)36(23(19-37)21-12-8-7-9-13-21)28(32)31(40)35(18-6-2)27-20(3)11-10-14-22(27)33/h5-14,23-26,28,37H,1-2,15-19H2,3-4H3/t23-,24-,25+,26+,28?,32?/m1/s1. The molecule has 2 aromatic rings. The van der Waals surface area contributed by atoms with Crippen molar-refractivity contribution in [1.82, 2.24) is 9.80 Å². The smallest absolute Gasteiger partial charge is 0.253 e. The lowest BCUT2D eigenvalue weighted by molar-refractivity contribution is -0.147. The molecule has 41 heavy (non-hydrogen) atoms. The molecule has 1 N–H and O–H groups in total. The number of fused-ring (bicyclic) bond motifs is 1. The molecule has 8 nitrogen and oxygen atoms in total. The van der Waals surface area contributed by atoms with Gasteiger partial charge in [-0.2, -0.15) is 0 Å². The summed E-state index contributed by atoms with van der Waals surface area (Å²) in [7, 11) is 1.68. The number of rotatable bonds is 10. The predicted octanol–water partition coefficient (Wildman–Crippen LogP) is 3.92. The van der Waals surface area contributed by atoms with Crippen LogP contribution in [0.5, 0.6) is 0 Å². The van der Waals surface area contributed by atoms with Gasteiger partial charge in [0.15, 0.2) is 0 Å². The average Bonchev–Trinajstić information content (AvgIpc) is 3.60. The van der Waals surface area contributed by atoms with E-state index in [0.717, 1.165) is 5.56 Å². The van der Waals surface area contributed by atoms with Crippen molar-refractivity contribution in [1.29, 1.82) is 0 Å². The Morgan fingerprint density at radius 2 is 1.85 bits per heavy atom. The van der Waals surface area contributed by atoms with Gasteiger partial charge in [-0.15, -0.1) is 13.2 Å². The summed E-state index contributed by atoms with van der Waals surface area (Å²) in [5.41, 5.74) is 0.765. The second-order valence-corrected chi connectivity index (χ2v) is 11.5. The summed E-state index contributed by atoms with van der Waals surface area (Å²) in [6.45, 7) is 9.53. The van der Waals surface area contributed by atoms with Gasteiger partial charge in [0.05, 0.1) is 41.3 Å². The van der Waals surface area contributed by atoms with Gasteiger partial charge in [-0.25, -0.2) is 0 Å². The number of benzene rings is 2. The number of aryl methyl sites for hydroxylation is 1. The number of nitrogens with zero attached hydrogens (tertiary/aromatic N) is 3. The molecule has 9 heteroatoms. The zero-order valence-electron chi connectivity index (χ0n) is 23.4. The molecule has 2 bridgehead atoms. The number of halogens is 1. The van der Waals surface area contributed by atoms with Crippen LogP contribution in [-0.2, 0) is 19.1 Å². The van der Waals surface area contributed by atoms with Crippen LogP contribution in [0.2, 0.25) is 5.02 Å². The normalized spacial score (nSPS) is 26.9. The summed E-state index contributed by atoms with van der Waals surface area (Å²) in [6, 6.07) is 12.6. The highest BCUT2D eigenvalue weighted by Gasteiger charge is 2.75. The van der Waals surface area contributed by atoms with E-state index < -0.39 is 42.2 Å². The maximum Gasteiger partial charge on any atom is 0.253 e. The number of carbonyl (C=O) groups is 3. The second-order valence-electron chi connectivity index (χ2n) is 11.1. The van der Waals surface area contributed by atoms with E-state index in [0.29, 0.717) is 35.7 Å². The van der Waals surface area contributed by atoms with E-state index in [1.54, 1.807) is 35.1 Å². The van der Waals surface area contributed by atoms with Gasteiger partial charge in [0.2, 0.25) is 11.8 Å². The van der Waals surface area contributed by atoms with Gasteiger partial charge in [0.1, 0.15) is 11.6 Å². The fourth-order valence-corrected chi connectivity index (χ4v) is 7.41. The summed E-state index contributed by atoms with van der Waals surface area (Å²) in [4.78, 5) is 47.6. The molecular formula is C32H36ClN3O5. The number of amides is 3. The van der Waals surface area contributed by atoms with Gasteiger partial charge in [0, 0.05) is 20.1 Å². The fourth-order valence-electron chi connectivity index (χ4n) is 7.09. The molecule has 3 aliphatic rings. The zero-order chi connectivity index (χ0) is 29.5. The van der Waals surface area contributed by atoms with Gasteiger partial charge in [-0.05, 0) is 37.0 Å². The molecule has 3 fully saturated rings.